The van der Waals surface area contributed by atoms with Gasteiger partial charge < -0.3 is 15.5 Å². The fraction of sp³-hybridized carbons (Fsp3) is 0.353. The standard InChI is InChI=1S/C17H18N2O4/c1-17(23,16(21)22)9-18-15(20)14-10-5-2-3-7-12(10)19-13-8-4-6-11(13)14/h2-3,5,7,23H,4,6,8-9H2,1H3,(H,18,20)(H,21,22). The highest BCUT2D eigenvalue weighted by Gasteiger charge is 2.31. The highest BCUT2D eigenvalue weighted by molar-refractivity contribution is 6.08. The van der Waals surface area contributed by atoms with Crippen molar-refractivity contribution in [2.24, 2.45) is 0 Å². The van der Waals surface area contributed by atoms with Gasteiger partial charge in [-0.3, -0.25) is 9.78 Å². The van der Waals surface area contributed by atoms with E-state index in [-0.39, 0.29) is 12.5 Å². The monoisotopic (exact) mass is 314 g/mol. The molecule has 1 amide bonds. The molecular formula is C17H18N2O4. The molecule has 1 aliphatic rings. The van der Waals surface area contributed by atoms with E-state index in [9.17, 15) is 14.7 Å². The first-order chi connectivity index (χ1) is 10.9. The minimum absolute atomic E-state index is 0.355. The molecule has 1 unspecified atom stereocenters. The van der Waals surface area contributed by atoms with Crippen LogP contribution in [-0.4, -0.2) is 39.2 Å². The molecule has 1 atom stereocenters. The van der Waals surface area contributed by atoms with Crippen LogP contribution in [-0.2, 0) is 17.6 Å². The highest BCUT2D eigenvalue weighted by atomic mass is 16.4. The molecule has 0 fully saturated rings. The molecule has 1 heterocycles. The Morgan fingerprint density at radius 3 is 2.78 bits per heavy atom. The van der Waals surface area contributed by atoms with Crippen LogP contribution < -0.4 is 5.32 Å². The topological polar surface area (TPSA) is 99.5 Å². The lowest BCUT2D eigenvalue weighted by atomic mass is 10.00. The number of nitrogens with one attached hydrogen (secondary N) is 1. The van der Waals surface area contributed by atoms with Gasteiger partial charge in [0.25, 0.3) is 5.91 Å². The molecule has 0 spiro atoms. The van der Waals surface area contributed by atoms with Crippen LogP contribution in [0.3, 0.4) is 0 Å². The molecule has 0 aliphatic heterocycles. The summed E-state index contributed by atoms with van der Waals surface area (Å²) in [4.78, 5) is 28.2. The molecule has 6 nitrogen and oxygen atoms in total. The third-order valence-electron chi connectivity index (χ3n) is 4.20. The van der Waals surface area contributed by atoms with E-state index in [1.807, 2.05) is 24.3 Å². The van der Waals surface area contributed by atoms with Gasteiger partial charge in [0.05, 0.1) is 17.6 Å². The van der Waals surface area contributed by atoms with Crippen LogP contribution in [0.2, 0.25) is 0 Å². The first-order valence-electron chi connectivity index (χ1n) is 7.54. The average molecular weight is 314 g/mol. The quantitative estimate of drug-likeness (QED) is 0.789. The van der Waals surface area contributed by atoms with E-state index >= 15 is 0 Å². The molecule has 1 aromatic carbocycles. The SMILES string of the molecule is CC(O)(CNC(=O)c1c2c(nc3ccccc13)CCC2)C(=O)O. The molecule has 0 saturated carbocycles. The number of benzene rings is 1. The van der Waals surface area contributed by atoms with Gasteiger partial charge in [-0.15, -0.1) is 0 Å². The van der Waals surface area contributed by atoms with Gasteiger partial charge in [-0.25, -0.2) is 4.79 Å². The Hall–Kier alpha value is -2.47. The third kappa shape index (κ3) is 2.77. The van der Waals surface area contributed by atoms with Crippen molar-refractivity contribution in [1.82, 2.24) is 10.3 Å². The zero-order valence-electron chi connectivity index (χ0n) is 12.8. The fourth-order valence-corrected chi connectivity index (χ4v) is 2.89. The molecule has 1 aliphatic carbocycles. The summed E-state index contributed by atoms with van der Waals surface area (Å²) in [5.41, 5.74) is 1.16. The molecule has 23 heavy (non-hydrogen) atoms. The molecule has 120 valence electrons. The van der Waals surface area contributed by atoms with E-state index in [0.717, 1.165) is 48.3 Å². The van der Waals surface area contributed by atoms with Crippen LogP contribution >= 0.6 is 0 Å². The smallest absolute Gasteiger partial charge is 0.337 e. The summed E-state index contributed by atoms with van der Waals surface area (Å²) in [6.07, 6.45) is 2.57. The second-order valence-corrected chi connectivity index (χ2v) is 6.04. The maximum atomic E-state index is 12.6. The van der Waals surface area contributed by atoms with Crippen molar-refractivity contribution < 1.29 is 19.8 Å². The maximum Gasteiger partial charge on any atom is 0.337 e. The summed E-state index contributed by atoms with van der Waals surface area (Å²) in [6, 6.07) is 7.41. The number of nitrogens with zero attached hydrogens (tertiary/aromatic N) is 1. The molecule has 6 heteroatoms. The lowest BCUT2D eigenvalue weighted by molar-refractivity contribution is -0.155. The number of para-hydroxylation sites is 1. The first kappa shape index (κ1) is 15.4. The zero-order chi connectivity index (χ0) is 16.6. The first-order valence-corrected chi connectivity index (χ1v) is 7.54. The van der Waals surface area contributed by atoms with E-state index in [1.165, 1.54) is 0 Å². The van der Waals surface area contributed by atoms with Gasteiger partial charge in [-0.1, -0.05) is 18.2 Å². The lowest BCUT2D eigenvalue weighted by Gasteiger charge is -2.19. The number of pyridine rings is 1. The van der Waals surface area contributed by atoms with Crippen LogP contribution in [0.5, 0.6) is 0 Å². The number of aliphatic hydroxyl groups is 1. The van der Waals surface area contributed by atoms with E-state index in [0.29, 0.717) is 5.56 Å². The largest absolute Gasteiger partial charge is 0.479 e. The summed E-state index contributed by atoms with van der Waals surface area (Å²) >= 11 is 0. The second kappa shape index (κ2) is 5.62. The van der Waals surface area contributed by atoms with Crippen molar-refractivity contribution >= 4 is 22.8 Å². The van der Waals surface area contributed by atoms with E-state index in [1.54, 1.807) is 0 Å². The lowest BCUT2D eigenvalue weighted by Crippen LogP contribution is -2.46. The number of amides is 1. The van der Waals surface area contributed by atoms with Gasteiger partial charge in [0, 0.05) is 11.1 Å². The second-order valence-electron chi connectivity index (χ2n) is 6.04. The number of fused-ring (bicyclic) bond motifs is 2. The summed E-state index contributed by atoms with van der Waals surface area (Å²) < 4.78 is 0. The van der Waals surface area contributed by atoms with Crippen molar-refractivity contribution in [1.29, 1.82) is 0 Å². The average Bonchev–Trinajstić information content (AvgIpc) is 2.97. The summed E-state index contributed by atoms with van der Waals surface area (Å²) in [6.45, 7) is 0.803. The number of aryl methyl sites for hydroxylation is 1. The number of carbonyl (C=O) groups is 2. The van der Waals surface area contributed by atoms with Gasteiger partial charge >= 0.3 is 5.97 Å². The number of aromatic nitrogens is 1. The van der Waals surface area contributed by atoms with E-state index in [2.05, 4.69) is 10.3 Å². The van der Waals surface area contributed by atoms with Gasteiger partial charge in [-0.05, 0) is 37.8 Å². The Labute approximate surface area is 133 Å². The molecular weight excluding hydrogens is 296 g/mol. The summed E-state index contributed by atoms with van der Waals surface area (Å²) in [5, 5.41) is 22.0. The summed E-state index contributed by atoms with van der Waals surface area (Å²) in [5.74, 6) is -1.74. The van der Waals surface area contributed by atoms with Crippen molar-refractivity contribution in [3.8, 4) is 0 Å². The zero-order valence-corrected chi connectivity index (χ0v) is 12.8. The Morgan fingerprint density at radius 1 is 1.30 bits per heavy atom. The van der Waals surface area contributed by atoms with Crippen molar-refractivity contribution in [2.75, 3.05) is 6.54 Å². The number of carboxylic acid groups (broad SMARTS) is 1. The predicted molar refractivity (Wildman–Crippen MR) is 84.4 cm³/mol. The van der Waals surface area contributed by atoms with Gasteiger partial charge in [-0.2, -0.15) is 0 Å². The number of rotatable bonds is 4. The van der Waals surface area contributed by atoms with E-state index in [4.69, 9.17) is 5.11 Å². The molecule has 1 aromatic heterocycles. The van der Waals surface area contributed by atoms with Crippen molar-refractivity contribution in [3.05, 3.63) is 41.1 Å². The Bertz CT molecular complexity index is 799. The highest BCUT2D eigenvalue weighted by Crippen LogP contribution is 2.29. The number of carbonyl (C=O) groups excluding carboxylic acids is 1. The molecule has 2 aromatic rings. The molecule has 3 N–H and O–H groups in total. The maximum absolute atomic E-state index is 12.6. The van der Waals surface area contributed by atoms with Crippen LogP contribution in [0.1, 0.15) is 35.0 Å². The number of carboxylic acids is 1. The molecule has 0 bridgehead atoms. The normalized spacial score (nSPS) is 15.9. The molecule has 3 rings (SSSR count). The van der Waals surface area contributed by atoms with Gasteiger partial charge in [0.15, 0.2) is 5.60 Å². The number of hydrogen-bond acceptors (Lipinski definition) is 4. The van der Waals surface area contributed by atoms with Crippen molar-refractivity contribution in [3.63, 3.8) is 0 Å². The predicted octanol–water partition coefficient (Wildman–Crippen LogP) is 1.29. The molecule has 0 saturated heterocycles. The van der Waals surface area contributed by atoms with E-state index < -0.39 is 11.6 Å². The summed E-state index contributed by atoms with van der Waals surface area (Å²) in [7, 11) is 0. The van der Waals surface area contributed by atoms with Crippen LogP contribution in [0.4, 0.5) is 0 Å². The van der Waals surface area contributed by atoms with Gasteiger partial charge in [0.2, 0.25) is 0 Å². The molecule has 0 radical (unpaired) electrons. The Balaban J connectivity index is 1.99. The number of hydrogen-bond donors (Lipinski definition) is 3. The Morgan fingerprint density at radius 2 is 2.04 bits per heavy atom. The van der Waals surface area contributed by atoms with Crippen LogP contribution in [0.25, 0.3) is 10.9 Å². The third-order valence-corrected chi connectivity index (χ3v) is 4.20. The fourth-order valence-electron chi connectivity index (χ4n) is 2.89. The van der Waals surface area contributed by atoms with Crippen LogP contribution in [0, 0.1) is 0 Å². The number of aliphatic carboxylic acids is 1. The van der Waals surface area contributed by atoms with Crippen LogP contribution in [0.15, 0.2) is 24.3 Å². The van der Waals surface area contributed by atoms with Gasteiger partial charge in [0.1, 0.15) is 0 Å². The minimum Gasteiger partial charge on any atom is -0.479 e. The minimum atomic E-state index is -2.00. The van der Waals surface area contributed by atoms with Crippen molar-refractivity contribution in [2.45, 2.75) is 31.8 Å². The Kier molecular flexibility index (Phi) is 3.77.